The molecule has 2 aromatic heterocycles. The average Bonchev–Trinajstić information content (AvgIpc) is 3.08. The van der Waals surface area contributed by atoms with E-state index in [-0.39, 0.29) is 5.41 Å². The third-order valence-electron chi connectivity index (χ3n) is 3.39. The maximum absolute atomic E-state index is 4.60. The van der Waals surface area contributed by atoms with Crippen molar-refractivity contribution in [3.8, 4) is 0 Å². The standard InChI is InChI=1S/C10H17NS.C9H15NS/c1-7(2)9-11-8(6-12-9)10(3,4)5;1-6(2)8-5-10-9(11-8)7(3)4/h6-7H,1-5H3;5-7H,1-4H3. The van der Waals surface area contributed by atoms with E-state index in [9.17, 15) is 0 Å². The lowest BCUT2D eigenvalue weighted by Gasteiger charge is -2.14. The summed E-state index contributed by atoms with van der Waals surface area (Å²) >= 11 is 3.61. The number of aromatic nitrogens is 2. The van der Waals surface area contributed by atoms with Crippen molar-refractivity contribution in [2.45, 2.75) is 85.5 Å². The SMILES string of the molecule is CC(C)c1cnc(C(C)C)s1.CC(C)c1nc(C(C)(C)C)cs1. The topological polar surface area (TPSA) is 25.8 Å². The first-order chi connectivity index (χ1) is 10.5. The van der Waals surface area contributed by atoms with Crippen LogP contribution >= 0.6 is 22.7 Å². The molecular weight excluding hydrogens is 320 g/mol. The molecule has 0 aromatic carbocycles. The zero-order chi connectivity index (χ0) is 17.8. The lowest BCUT2D eigenvalue weighted by atomic mass is 9.93. The molecule has 0 aliphatic rings. The van der Waals surface area contributed by atoms with Crippen molar-refractivity contribution >= 4 is 22.7 Å². The number of nitrogens with zero attached hydrogens (tertiary/aromatic N) is 2. The van der Waals surface area contributed by atoms with E-state index in [0.29, 0.717) is 17.8 Å². The Morgan fingerprint density at radius 2 is 1.43 bits per heavy atom. The molecule has 0 saturated carbocycles. The molecule has 2 heterocycles. The normalized spacial score (nSPS) is 12.0. The Labute approximate surface area is 150 Å². The van der Waals surface area contributed by atoms with Gasteiger partial charge in [-0.1, -0.05) is 62.3 Å². The fourth-order valence-electron chi connectivity index (χ4n) is 1.73. The lowest BCUT2D eigenvalue weighted by molar-refractivity contribution is 0.569. The molecule has 0 unspecified atom stereocenters. The molecule has 0 N–H and O–H groups in total. The van der Waals surface area contributed by atoms with Crippen molar-refractivity contribution in [1.82, 2.24) is 9.97 Å². The minimum absolute atomic E-state index is 0.198. The molecule has 0 aliphatic heterocycles. The Balaban J connectivity index is 0.000000231. The second-order valence-electron chi connectivity index (χ2n) is 7.89. The summed E-state index contributed by atoms with van der Waals surface area (Å²) < 4.78 is 0. The summed E-state index contributed by atoms with van der Waals surface area (Å²) in [5.74, 6) is 1.76. The highest BCUT2D eigenvalue weighted by molar-refractivity contribution is 7.11. The van der Waals surface area contributed by atoms with E-state index >= 15 is 0 Å². The predicted octanol–water partition coefficient (Wildman–Crippen LogP) is 6.95. The van der Waals surface area contributed by atoms with Crippen molar-refractivity contribution < 1.29 is 0 Å². The molecule has 4 heteroatoms. The zero-order valence-electron chi connectivity index (χ0n) is 16.1. The molecule has 0 amide bonds. The van der Waals surface area contributed by atoms with Gasteiger partial charge < -0.3 is 0 Å². The maximum atomic E-state index is 4.60. The van der Waals surface area contributed by atoms with Crippen molar-refractivity contribution in [3.05, 3.63) is 32.2 Å². The van der Waals surface area contributed by atoms with Gasteiger partial charge in [0.05, 0.1) is 15.7 Å². The fraction of sp³-hybridized carbons (Fsp3) is 0.684. The molecule has 0 radical (unpaired) electrons. The van der Waals surface area contributed by atoms with Crippen LogP contribution in [0.1, 0.15) is 101 Å². The Bertz CT molecular complexity index is 564. The van der Waals surface area contributed by atoms with Gasteiger partial charge in [-0.15, -0.1) is 22.7 Å². The summed E-state index contributed by atoms with van der Waals surface area (Å²) in [6.07, 6.45) is 2.00. The Morgan fingerprint density at radius 3 is 1.70 bits per heavy atom. The van der Waals surface area contributed by atoms with E-state index in [1.54, 1.807) is 11.3 Å². The van der Waals surface area contributed by atoms with Crippen molar-refractivity contribution in [2.24, 2.45) is 0 Å². The average molecular weight is 353 g/mol. The summed E-state index contributed by atoms with van der Waals surface area (Å²) in [6.45, 7) is 19.8. The van der Waals surface area contributed by atoms with Gasteiger partial charge in [-0.05, 0) is 5.92 Å². The van der Waals surface area contributed by atoms with Gasteiger partial charge in [-0.25, -0.2) is 9.97 Å². The summed E-state index contributed by atoms with van der Waals surface area (Å²) in [6, 6.07) is 0. The highest BCUT2D eigenvalue weighted by atomic mass is 32.1. The van der Waals surface area contributed by atoms with Crippen LogP contribution in [0.15, 0.2) is 11.6 Å². The summed E-state index contributed by atoms with van der Waals surface area (Å²) in [5.41, 5.74) is 1.42. The molecular formula is C19H32N2S2. The van der Waals surface area contributed by atoms with Gasteiger partial charge >= 0.3 is 0 Å². The first kappa shape index (κ1) is 20.3. The van der Waals surface area contributed by atoms with E-state index in [1.165, 1.54) is 20.6 Å². The molecule has 23 heavy (non-hydrogen) atoms. The van der Waals surface area contributed by atoms with Crippen LogP contribution < -0.4 is 0 Å². The molecule has 0 aliphatic carbocycles. The van der Waals surface area contributed by atoms with Crippen LogP contribution in [0.4, 0.5) is 0 Å². The van der Waals surface area contributed by atoms with Gasteiger partial charge in [0, 0.05) is 33.7 Å². The van der Waals surface area contributed by atoms with Gasteiger partial charge in [0.2, 0.25) is 0 Å². The molecule has 2 aromatic rings. The second-order valence-corrected chi connectivity index (χ2v) is 9.87. The molecule has 0 spiro atoms. The van der Waals surface area contributed by atoms with E-state index in [0.717, 1.165) is 0 Å². The van der Waals surface area contributed by atoms with Gasteiger partial charge in [-0.3, -0.25) is 0 Å². The number of hydrogen-bond donors (Lipinski definition) is 0. The van der Waals surface area contributed by atoms with E-state index < -0.39 is 0 Å². The smallest absolute Gasteiger partial charge is 0.0953 e. The molecule has 0 bridgehead atoms. The minimum Gasteiger partial charge on any atom is -0.249 e. The van der Waals surface area contributed by atoms with Crippen LogP contribution in [0.2, 0.25) is 0 Å². The van der Waals surface area contributed by atoms with Gasteiger partial charge in [0.15, 0.2) is 0 Å². The van der Waals surface area contributed by atoms with E-state index in [2.05, 4.69) is 77.7 Å². The van der Waals surface area contributed by atoms with E-state index in [1.807, 2.05) is 17.5 Å². The Hall–Kier alpha value is -0.740. The van der Waals surface area contributed by atoms with Crippen LogP contribution in [0, 0.1) is 0 Å². The first-order valence-electron chi connectivity index (χ1n) is 8.43. The molecule has 0 atom stereocenters. The van der Waals surface area contributed by atoms with E-state index in [4.69, 9.17) is 0 Å². The van der Waals surface area contributed by atoms with Crippen molar-refractivity contribution in [2.75, 3.05) is 0 Å². The van der Waals surface area contributed by atoms with Crippen LogP contribution in [0.25, 0.3) is 0 Å². The Kier molecular flexibility index (Phi) is 7.40. The summed E-state index contributed by atoms with van der Waals surface area (Å²) in [4.78, 5) is 10.4. The van der Waals surface area contributed by atoms with Crippen molar-refractivity contribution in [3.63, 3.8) is 0 Å². The summed E-state index contributed by atoms with van der Waals surface area (Å²) in [5, 5.41) is 4.68. The van der Waals surface area contributed by atoms with Crippen LogP contribution in [0.5, 0.6) is 0 Å². The molecule has 0 fully saturated rings. The van der Waals surface area contributed by atoms with Gasteiger partial charge in [-0.2, -0.15) is 0 Å². The molecule has 130 valence electrons. The Morgan fingerprint density at radius 1 is 0.870 bits per heavy atom. The lowest BCUT2D eigenvalue weighted by Crippen LogP contribution is -2.11. The van der Waals surface area contributed by atoms with Gasteiger partial charge in [0.25, 0.3) is 0 Å². The number of rotatable bonds is 3. The first-order valence-corrected chi connectivity index (χ1v) is 10.1. The third-order valence-corrected chi connectivity index (χ3v) is 6.13. The number of hydrogen-bond acceptors (Lipinski definition) is 4. The van der Waals surface area contributed by atoms with Crippen LogP contribution in [0.3, 0.4) is 0 Å². The minimum atomic E-state index is 0.198. The van der Waals surface area contributed by atoms with Gasteiger partial charge in [0.1, 0.15) is 0 Å². The second kappa shape index (κ2) is 8.39. The predicted molar refractivity (Wildman–Crippen MR) is 105 cm³/mol. The largest absolute Gasteiger partial charge is 0.249 e. The fourth-order valence-corrected chi connectivity index (χ4v) is 3.72. The molecule has 2 nitrogen and oxygen atoms in total. The number of thiazole rings is 2. The highest BCUT2D eigenvalue weighted by Gasteiger charge is 2.17. The van der Waals surface area contributed by atoms with Crippen LogP contribution in [-0.4, -0.2) is 9.97 Å². The highest BCUT2D eigenvalue weighted by Crippen LogP contribution is 2.27. The quantitative estimate of drug-likeness (QED) is 0.597. The third kappa shape index (κ3) is 6.34. The maximum Gasteiger partial charge on any atom is 0.0953 e. The zero-order valence-corrected chi connectivity index (χ0v) is 17.7. The molecule has 2 rings (SSSR count). The van der Waals surface area contributed by atoms with Crippen LogP contribution in [-0.2, 0) is 5.41 Å². The monoisotopic (exact) mass is 352 g/mol. The molecule has 0 saturated heterocycles. The van der Waals surface area contributed by atoms with Crippen molar-refractivity contribution in [1.29, 1.82) is 0 Å². The summed E-state index contributed by atoms with van der Waals surface area (Å²) in [7, 11) is 0.